The van der Waals surface area contributed by atoms with Gasteiger partial charge in [-0.05, 0) is 0 Å². The molecule has 0 amide bonds. The standard InChI is InChI=1S/C14H24O/c1-9(2)10(3,4)13(9)14(15-13)11(5,6)12(14,7)8/h1-8H3. The van der Waals surface area contributed by atoms with Crippen LogP contribution >= 0.6 is 0 Å². The Hall–Kier alpha value is -0.0400. The smallest absolute Gasteiger partial charge is 0.110 e. The van der Waals surface area contributed by atoms with Crippen molar-refractivity contribution in [2.75, 3.05) is 0 Å². The Balaban J connectivity index is 2.08. The van der Waals surface area contributed by atoms with Gasteiger partial charge in [0, 0.05) is 21.7 Å². The fourth-order valence-electron chi connectivity index (χ4n) is 5.00. The molecule has 0 aromatic carbocycles. The first-order chi connectivity index (χ1) is 6.46. The monoisotopic (exact) mass is 208 g/mol. The molecule has 0 bridgehead atoms. The van der Waals surface area contributed by atoms with Crippen LogP contribution in [0.5, 0.6) is 0 Å². The quantitative estimate of drug-likeness (QED) is 0.554. The molecule has 2 aliphatic carbocycles. The number of hydrogen-bond acceptors (Lipinski definition) is 1. The summed E-state index contributed by atoms with van der Waals surface area (Å²) < 4.78 is 6.38. The van der Waals surface area contributed by atoms with Crippen molar-refractivity contribution < 1.29 is 4.74 Å². The zero-order chi connectivity index (χ0) is 11.7. The second-order valence-electron chi connectivity index (χ2n) is 7.96. The molecule has 0 aromatic heterocycles. The van der Waals surface area contributed by atoms with Gasteiger partial charge in [-0.2, -0.15) is 0 Å². The van der Waals surface area contributed by atoms with Crippen LogP contribution in [0.2, 0.25) is 0 Å². The maximum Gasteiger partial charge on any atom is 0.110 e. The summed E-state index contributed by atoms with van der Waals surface area (Å²) in [6.07, 6.45) is 0. The van der Waals surface area contributed by atoms with Crippen LogP contribution in [0.1, 0.15) is 55.4 Å². The van der Waals surface area contributed by atoms with E-state index in [0.717, 1.165) is 0 Å². The normalized spacial score (nSPS) is 41.6. The van der Waals surface area contributed by atoms with Crippen LogP contribution in [0.4, 0.5) is 0 Å². The number of hydrogen-bond donors (Lipinski definition) is 0. The molecular formula is C14H24O. The first-order valence-electron chi connectivity index (χ1n) is 6.16. The van der Waals surface area contributed by atoms with E-state index in [9.17, 15) is 0 Å². The second-order valence-corrected chi connectivity index (χ2v) is 7.96. The highest BCUT2D eigenvalue weighted by Gasteiger charge is 3.09. The SMILES string of the molecule is CC1(C)C(C)(C)C12OC21C(C)(C)C1(C)C. The molecule has 0 aromatic rings. The molecular weight excluding hydrogens is 184 g/mol. The van der Waals surface area contributed by atoms with E-state index in [1.165, 1.54) is 0 Å². The summed E-state index contributed by atoms with van der Waals surface area (Å²) in [4.78, 5) is 0. The van der Waals surface area contributed by atoms with Gasteiger partial charge in [-0.25, -0.2) is 0 Å². The Morgan fingerprint density at radius 3 is 0.733 bits per heavy atom. The average Bonchev–Trinajstić information content (AvgIpc) is 2.86. The molecule has 1 aliphatic heterocycles. The van der Waals surface area contributed by atoms with Crippen LogP contribution in [-0.2, 0) is 4.74 Å². The summed E-state index contributed by atoms with van der Waals surface area (Å²) in [5, 5.41) is 0. The second kappa shape index (κ2) is 1.72. The molecule has 3 aliphatic rings. The molecule has 1 saturated heterocycles. The molecule has 3 rings (SSSR count). The maximum absolute atomic E-state index is 6.38. The Morgan fingerprint density at radius 1 is 0.467 bits per heavy atom. The van der Waals surface area contributed by atoms with Gasteiger partial charge in [0.25, 0.3) is 0 Å². The van der Waals surface area contributed by atoms with Crippen molar-refractivity contribution in [1.29, 1.82) is 0 Å². The first kappa shape index (κ1) is 10.1. The van der Waals surface area contributed by atoms with Gasteiger partial charge in [-0.3, -0.25) is 0 Å². The number of fused-ring (bicyclic) bond motifs is 1. The Bertz CT molecular complexity index is 307. The van der Waals surface area contributed by atoms with E-state index >= 15 is 0 Å². The lowest BCUT2D eigenvalue weighted by Crippen LogP contribution is -2.11. The van der Waals surface area contributed by atoms with Gasteiger partial charge < -0.3 is 4.74 Å². The zero-order valence-electron chi connectivity index (χ0n) is 11.4. The van der Waals surface area contributed by atoms with E-state index in [0.29, 0.717) is 21.7 Å². The van der Waals surface area contributed by atoms with Crippen LogP contribution < -0.4 is 0 Å². The van der Waals surface area contributed by atoms with Gasteiger partial charge in [0.1, 0.15) is 11.2 Å². The summed E-state index contributed by atoms with van der Waals surface area (Å²) in [5.74, 6) is 0. The van der Waals surface area contributed by atoms with Gasteiger partial charge in [0.05, 0.1) is 0 Å². The van der Waals surface area contributed by atoms with Crippen molar-refractivity contribution in [2.24, 2.45) is 21.7 Å². The molecule has 2 saturated carbocycles. The van der Waals surface area contributed by atoms with E-state index in [2.05, 4.69) is 55.4 Å². The minimum Gasteiger partial charge on any atom is -0.360 e. The fraction of sp³-hybridized carbons (Fsp3) is 1.00. The summed E-state index contributed by atoms with van der Waals surface area (Å²) in [6, 6.07) is 0. The minimum absolute atomic E-state index is 0.167. The van der Waals surface area contributed by atoms with Gasteiger partial charge in [-0.1, -0.05) is 55.4 Å². The fourth-order valence-corrected chi connectivity index (χ4v) is 5.00. The third-order valence-electron chi connectivity index (χ3n) is 7.28. The minimum atomic E-state index is 0.167. The highest BCUT2D eigenvalue weighted by Crippen LogP contribution is 3.00. The molecule has 0 N–H and O–H groups in total. The lowest BCUT2D eigenvalue weighted by molar-refractivity contribution is 0.297. The summed E-state index contributed by atoms with van der Waals surface area (Å²) in [7, 11) is 0. The number of ether oxygens (including phenoxy) is 1. The summed E-state index contributed by atoms with van der Waals surface area (Å²) in [6.45, 7) is 18.9. The molecule has 1 nitrogen and oxygen atoms in total. The number of epoxide rings is 1. The van der Waals surface area contributed by atoms with Crippen LogP contribution in [0.15, 0.2) is 0 Å². The molecule has 0 atom stereocenters. The summed E-state index contributed by atoms with van der Waals surface area (Å²) >= 11 is 0. The Kier molecular flexibility index (Phi) is 1.16. The highest BCUT2D eigenvalue weighted by molar-refractivity contribution is 5.56. The average molecular weight is 208 g/mol. The zero-order valence-corrected chi connectivity index (χ0v) is 11.4. The molecule has 2 spiro atoms. The van der Waals surface area contributed by atoms with Gasteiger partial charge >= 0.3 is 0 Å². The van der Waals surface area contributed by atoms with Crippen molar-refractivity contribution in [3.8, 4) is 0 Å². The van der Waals surface area contributed by atoms with E-state index in [-0.39, 0.29) is 11.2 Å². The summed E-state index contributed by atoms with van der Waals surface area (Å²) in [5.41, 5.74) is 1.69. The van der Waals surface area contributed by atoms with E-state index < -0.39 is 0 Å². The Labute approximate surface area is 93.6 Å². The van der Waals surface area contributed by atoms with Crippen molar-refractivity contribution >= 4 is 0 Å². The molecule has 86 valence electrons. The molecule has 0 radical (unpaired) electrons. The lowest BCUT2D eigenvalue weighted by Gasteiger charge is -2.01. The predicted molar refractivity (Wildman–Crippen MR) is 61.7 cm³/mol. The van der Waals surface area contributed by atoms with Crippen LogP contribution in [0.3, 0.4) is 0 Å². The highest BCUT2D eigenvalue weighted by atomic mass is 16.7. The van der Waals surface area contributed by atoms with E-state index in [1.807, 2.05) is 0 Å². The van der Waals surface area contributed by atoms with Crippen molar-refractivity contribution in [3.63, 3.8) is 0 Å². The van der Waals surface area contributed by atoms with Crippen molar-refractivity contribution in [1.82, 2.24) is 0 Å². The molecule has 1 heteroatoms. The number of rotatable bonds is 0. The van der Waals surface area contributed by atoms with E-state index in [4.69, 9.17) is 4.74 Å². The third kappa shape index (κ3) is 0.504. The maximum atomic E-state index is 6.38. The van der Waals surface area contributed by atoms with Crippen LogP contribution in [0.25, 0.3) is 0 Å². The third-order valence-corrected chi connectivity index (χ3v) is 7.28. The van der Waals surface area contributed by atoms with Gasteiger partial charge in [0.15, 0.2) is 0 Å². The van der Waals surface area contributed by atoms with Crippen LogP contribution in [-0.4, -0.2) is 11.2 Å². The lowest BCUT2D eigenvalue weighted by atomic mass is 10.0. The van der Waals surface area contributed by atoms with Gasteiger partial charge in [0.2, 0.25) is 0 Å². The van der Waals surface area contributed by atoms with Crippen molar-refractivity contribution in [2.45, 2.75) is 66.6 Å². The van der Waals surface area contributed by atoms with Crippen LogP contribution in [0, 0.1) is 21.7 Å². The molecule has 0 unspecified atom stereocenters. The van der Waals surface area contributed by atoms with Crippen molar-refractivity contribution in [3.05, 3.63) is 0 Å². The Morgan fingerprint density at radius 2 is 0.667 bits per heavy atom. The first-order valence-corrected chi connectivity index (χ1v) is 6.16. The molecule has 15 heavy (non-hydrogen) atoms. The largest absolute Gasteiger partial charge is 0.360 e. The topological polar surface area (TPSA) is 12.5 Å². The van der Waals surface area contributed by atoms with Gasteiger partial charge in [-0.15, -0.1) is 0 Å². The van der Waals surface area contributed by atoms with E-state index in [1.54, 1.807) is 0 Å². The predicted octanol–water partition coefficient (Wildman–Crippen LogP) is 3.63. The molecule has 1 heterocycles. The molecule has 3 fully saturated rings.